The molecule has 0 bridgehead atoms. The minimum Gasteiger partial charge on any atom is -0.462 e. The molecular formula is C11H11O4. The minimum atomic E-state index is -0.355. The van der Waals surface area contributed by atoms with Crippen molar-refractivity contribution in [3.05, 3.63) is 35.4 Å². The molecule has 0 atom stereocenters. The van der Waals surface area contributed by atoms with E-state index in [1.54, 1.807) is 31.2 Å². The Morgan fingerprint density at radius 3 is 2.53 bits per heavy atom. The van der Waals surface area contributed by atoms with Crippen LogP contribution in [-0.2, 0) is 20.9 Å². The van der Waals surface area contributed by atoms with Crippen LogP contribution in [0, 0.1) is 0 Å². The predicted octanol–water partition coefficient (Wildman–Crippen LogP) is 1.45. The van der Waals surface area contributed by atoms with E-state index in [9.17, 15) is 9.59 Å². The lowest BCUT2D eigenvalue weighted by Crippen LogP contribution is -2.04. The Balaban J connectivity index is 2.63. The van der Waals surface area contributed by atoms with Gasteiger partial charge < -0.3 is 9.47 Å². The van der Waals surface area contributed by atoms with Crippen LogP contribution in [0.2, 0.25) is 0 Å². The van der Waals surface area contributed by atoms with Gasteiger partial charge in [-0.1, -0.05) is 12.1 Å². The zero-order valence-corrected chi connectivity index (χ0v) is 8.36. The van der Waals surface area contributed by atoms with Gasteiger partial charge in [0.2, 0.25) is 0 Å². The standard InChI is InChI=1S/C11H11O4/c1-2-15-11(13)10-5-3-9(4-6-10)7-14-8-12/h3-6H,2,7H2,1H3. The van der Waals surface area contributed by atoms with Crippen LogP contribution in [0.3, 0.4) is 0 Å². The largest absolute Gasteiger partial charge is 0.462 e. The summed E-state index contributed by atoms with van der Waals surface area (Å²) >= 11 is 0. The van der Waals surface area contributed by atoms with Crippen molar-refractivity contribution < 1.29 is 19.1 Å². The molecule has 0 aliphatic carbocycles. The molecule has 4 heteroatoms. The molecule has 0 N–H and O–H groups in total. The molecule has 0 saturated heterocycles. The maximum absolute atomic E-state index is 11.3. The molecule has 1 radical (unpaired) electrons. The van der Waals surface area contributed by atoms with Crippen molar-refractivity contribution in [2.75, 3.05) is 6.61 Å². The second-order valence-corrected chi connectivity index (χ2v) is 2.79. The lowest BCUT2D eigenvalue weighted by Gasteiger charge is -2.02. The van der Waals surface area contributed by atoms with Gasteiger partial charge in [0.05, 0.1) is 12.2 Å². The molecule has 0 saturated carbocycles. The highest BCUT2D eigenvalue weighted by Gasteiger charge is 2.05. The fourth-order valence-corrected chi connectivity index (χ4v) is 1.06. The average molecular weight is 207 g/mol. The third-order valence-electron chi connectivity index (χ3n) is 1.76. The maximum atomic E-state index is 11.3. The summed E-state index contributed by atoms with van der Waals surface area (Å²) in [6.07, 6.45) is 0. The van der Waals surface area contributed by atoms with Crippen LogP contribution in [0.4, 0.5) is 0 Å². The van der Waals surface area contributed by atoms with Crippen LogP contribution in [0.1, 0.15) is 22.8 Å². The predicted molar refractivity (Wildman–Crippen MR) is 52.9 cm³/mol. The molecule has 0 unspecified atom stereocenters. The Morgan fingerprint density at radius 1 is 1.33 bits per heavy atom. The topological polar surface area (TPSA) is 52.6 Å². The van der Waals surface area contributed by atoms with Crippen LogP contribution in [-0.4, -0.2) is 19.0 Å². The molecule has 4 nitrogen and oxygen atoms in total. The number of rotatable bonds is 5. The molecular weight excluding hydrogens is 196 g/mol. The van der Waals surface area contributed by atoms with Crippen molar-refractivity contribution in [3.63, 3.8) is 0 Å². The van der Waals surface area contributed by atoms with Gasteiger partial charge in [0.15, 0.2) is 0 Å². The number of hydrogen-bond donors (Lipinski definition) is 0. The van der Waals surface area contributed by atoms with E-state index in [2.05, 4.69) is 4.74 Å². The van der Waals surface area contributed by atoms with Gasteiger partial charge in [-0.05, 0) is 24.6 Å². The van der Waals surface area contributed by atoms with E-state index in [1.807, 2.05) is 0 Å². The van der Waals surface area contributed by atoms with E-state index in [-0.39, 0.29) is 12.6 Å². The van der Waals surface area contributed by atoms with Crippen LogP contribution in [0.5, 0.6) is 0 Å². The molecule has 1 rings (SSSR count). The van der Waals surface area contributed by atoms with Gasteiger partial charge in [0.25, 0.3) is 0 Å². The number of carbonyl (C=O) groups excluding carboxylic acids is 2. The number of benzene rings is 1. The number of esters is 1. The zero-order valence-electron chi connectivity index (χ0n) is 8.36. The van der Waals surface area contributed by atoms with Crippen molar-refractivity contribution in [2.24, 2.45) is 0 Å². The van der Waals surface area contributed by atoms with Crippen LogP contribution < -0.4 is 0 Å². The molecule has 79 valence electrons. The Kier molecular flexibility index (Phi) is 4.34. The van der Waals surface area contributed by atoms with Gasteiger partial charge in [0.1, 0.15) is 6.61 Å². The first-order valence-corrected chi connectivity index (χ1v) is 4.53. The Hall–Kier alpha value is -1.84. The van der Waals surface area contributed by atoms with Gasteiger partial charge in [-0.15, -0.1) is 0 Å². The van der Waals surface area contributed by atoms with E-state index in [4.69, 9.17) is 4.74 Å². The number of ether oxygens (including phenoxy) is 2. The lowest BCUT2D eigenvalue weighted by molar-refractivity contribution is 0.0526. The molecule has 0 aliphatic rings. The second kappa shape index (κ2) is 5.80. The molecule has 0 amide bonds. The monoisotopic (exact) mass is 207 g/mol. The third kappa shape index (κ3) is 3.42. The summed E-state index contributed by atoms with van der Waals surface area (Å²) in [5.74, 6) is -0.355. The SMILES string of the molecule is CCOC(=O)c1ccc(CO[C]=O)cc1. The highest BCUT2D eigenvalue weighted by Crippen LogP contribution is 2.06. The highest BCUT2D eigenvalue weighted by atomic mass is 16.5. The molecule has 1 aromatic carbocycles. The second-order valence-electron chi connectivity index (χ2n) is 2.79. The first-order valence-electron chi connectivity index (χ1n) is 4.53. The van der Waals surface area contributed by atoms with E-state index in [0.717, 1.165) is 5.56 Å². The normalized spacial score (nSPS) is 9.40. The molecule has 0 spiro atoms. The van der Waals surface area contributed by atoms with Crippen molar-refractivity contribution in [2.45, 2.75) is 13.5 Å². The van der Waals surface area contributed by atoms with Crippen LogP contribution >= 0.6 is 0 Å². The lowest BCUT2D eigenvalue weighted by atomic mass is 10.1. The van der Waals surface area contributed by atoms with E-state index < -0.39 is 0 Å². The van der Waals surface area contributed by atoms with Gasteiger partial charge in [-0.25, -0.2) is 9.59 Å². The van der Waals surface area contributed by atoms with Crippen molar-refractivity contribution in [1.29, 1.82) is 0 Å². The smallest absolute Gasteiger partial charge is 0.417 e. The molecule has 0 aromatic heterocycles. The summed E-state index contributed by atoms with van der Waals surface area (Å²) in [6.45, 7) is 3.59. The molecule has 15 heavy (non-hydrogen) atoms. The quantitative estimate of drug-likeness (QED) is 0.685. The van der Waals surface area contributed by atoms with Crippen molar-refractivity contribution in [1.82, 2.24) is 0 Å². The molecule has 1 aromatic rings. The van der Waals surface area contributed by atoms with Crippen molar-refractivity contribution >= 4 is 12.4 Å². The molecule has 0 fully saturated rings. The fourth-order valence-electron chi connectivity index (χ4n) is 1.06. The van der Waals surface area contributed by atoms with Crippen LogP contribution in [0.15, 0.2) is 24.3 Å². The third-order valence-corrected chi connectivity index (χ3v) is 1.76. The summed E-state index contributed by atoms with van der Waals surface area (Å²) < 4.78 is 9.26. The number of hydrogen-bond acceptors (Lipinski definition) is 4. The summed E-state index contributed by atoms with van der Waals surface area (Å²) in [7, 11) is 0. The summed E-state index contributed by atoms with van der Waals surface area (Å²) in [5, 5.41) is 0. The Labute approximate surface area is 87.8 Å². The Morgan fingerprint density at radius 2 is 2.00 bits per heavy atom. The van der Waals surface area contributed by atoms with Crippen LogP contribution in [0.25, 0.3) is 0 Å². The summed E-state index contributed by atoms with van der Waals surface area (Å²) in [5.41, 5.74) is 1.28. The number of carbonyl (C=O) groups is 1. The van der Waals surface area contributed by atoms with Gasteiger partial charge in [0, 0.05) is 0 Å². The van der Waals surface area contributed by atoms with Gasteiger partial charge >= 0.3 is 12.4 Å². The molecule has 0 aliphatic heterocycles. The van der Waals surface area contributed by atoms with Crippen molar-refractivity contribution in [3.8, 4) is 0 Å². The summed E-state index contributed by atoms with van der Waals surface area (Å²) in [4.78, 5) is 21.1. The van der Waals surface area contributed by atoms with Gasteiger partial charge in [-0.2, -0.15) is 0 Å². The maximum Gasteiger partial charge on any atom is 0.417 e. The minimum absolute atomic E-state index is 0.159. The van der Waals surface area contributed by atoms with Gasteiger partial charge in [-0.3, -0.25) is 0 Å². The Bertz CT molecular complexity index is 329. The zero-order chi connectivity index (χ0) is 11.1. The first-order chi connectivity index (χ1) is 7.27. The van der Waals surface area contributed by atoms with E-state index >= 15 is 0 Å². The first kappa shape index (κ1) is 11.2. The molecule has 0 heterocycles. The average Bonchev–Trinajstić information content (AvgIpc) is 2.27. The summed E-state index contributed by atoms with van der Waals surface area (Å²) in [6, 6.07) is 6.65. The fraction of sp³-hybridized carbons (Fsp3) is 0.273. The van der Waals surface area contributed by atoms with E-state index in [1.165, 1.54) is 6.47 Å². The highest BCUT2D eigenvalue weighted by molar-refractivity contribution is 5.89. The van der Waals surface area contributed by atoms with E-state index in [0.29, 0.717) is 12.2 Å².